The smallest absolute Gasteiger partial charge is 0.778 e. The Morgan fingerprint density at radius 1 is 1.29 bits per heavy atom. The molecule has 2 aromatic rings. The topological polar surface area (TPSA) is 30.7 Å². The van der Waals surface area contributed by atoms with Gasteiger partial charge in [-0.3, -0.25) is 4.68 Å². The molecule has 0 spiro atoms. The number of nitrogens with zero attached hydrogens (tertiary/aromatic N) is 3. The average Bonchev–Trinajstić information content (AvgIpc) is 2.67. The summed E-state index contributed by atoms with van der Waals surface area (Å²) in [6, 6.07) is 3.49. The summed E-state index contributed by atoms with van der Waals surface area (Å²) in [6.45, 7) is 0. The molecular formula is C11H7ClKN3S. The number of aryl methyl sites for hydroxylation is 1. The van der Waals surface area contributed by atoms with E-state index in [1.54, 1.807) is 23.1 Å². The van der Waals surface area contributed by atoms with Crippen LogP contribution >= 0.6 is 11.6 Å². The van der Waals surface area contributed by atoms with Crippen LogP contribution in [0.1, 0.15) is 11.4 Å². The molecule has 17 heavy (non-hydrogen) atoms. The van der Waals surface area contributed by atoms with Crippen molar-refractivity contribution in [1.82, 2.24) is 14.8 Å². The summed E-state index contributed by atoms with van der Waals surface area (Å²) in [6.07, 6.45) is 3.28. The Morgan fingerprint density at radius 2 is 2.06 bits per heavy atom. The Hall–Kier alpha value is 0.0664. The predicted octanol–water partition coefficient (Wildman–Crippen LogP) is -1.22. The van der Waals surface area contributed by atoms with Gasteiger partial charge in [-0.05, 0) is 17.9 Å². The van der Waals surface area contributed by atoms with Crippen molar-refractivity contribution in [3.63, 3.8) is 0 Å². The van der Waals surface area contributed by atoms with E-state index in [1.165, 1.54) is 0 Å². The van der Waals surface area contributed by atoms with Crippen molar-refractivity contribution in [3.8, 4) is 11.8 Å². The van der Waals surface area contributed by atoms with Gasteiger partial charge in [0.2, 0.25) is 0 Å². The molecule has 0 atom stereocenters. The van der Waals surface area contributed by atoms with Crippen molar-refractivity contribution >= 4 is 24.2 Å². The summed E-state index contributed by atoms with van der Waals surface area (Å²) < 4.78 is 1.68. The first kappa shape index (κ1) is 15.1. The van der Waals surface area contributed by atoms with Crippen LogP contribution in [-0.2, 0) is 19.7 Å². The first-order valence-corrected chi connectivity index (χ1v) is 5.28. The maximum absolute atomic E-state index is 5.98. The number of aromatic nitrogens is 3. The first-order valence-electron chi connectivity index (χ1n) is 4.50. The van der Waals surface area contributed by atoms with Gasteiger partial charge >= 0.3 is 51.4 Å². The van der Waals surface area contributed by atoms with Crippen LogP contribution in [0.15, 0.2) is 29.4 Å². The number of pyridine rings is 1. The molecule has 0 aliphatic heterocycles. The van der Waals surface area contributed by atoms with Gasteiger partial charge in [0.05, 0.1) is 11.2 Å². The molecule has 0 radical (unpaired) electrons. The zero-order valence-electron chi connectivity index (χ0n) is 9.44. The zero-order chi connectivity index (χ0) is 11.5. The van der Waals surface area contributed by atoms with Gasteiger partial charge in [0.15, 0.2) is 0 Å². The SMILES string of the molecule is Cn1nccc1C#Cc1nccc([S-])c1Cl.[K+]. The van der Waals surface area contributed by atoms with E-state index < -0.39 is 0 Å². The molecule has 0 amide bonds. The second-order valence-electron chi connectivity index (χ2n) is 3.06. The first-order chi connectivity index (χ1) is 7.68. The van der Waals surface area contributed by atoms with Crippen molar-refractivity contribution in [3.05, 3.63) is 40.9 Å². The van der Waals surface area contributed by atoms with Gasteiger partial charge in [-0.25, -0.2) is 4.98 Å². The molecule has 2 heterocycles. The van der Waals surface area contributed by atoms with Crippen LogP contribution in [0.25, 0.3) is 0 Å². The van der Waals surface area contributed by atoms with E-state index in [0.717, 1.165) is 5.69 Å². The molecule has 80 valence electrons. The van der Waals surface area contributed by atoms with Gasteiger partial charge in [-0.15, -0.1) is 0 Å². The quantitative estimate of drug-likeness (QED) is 0.346. The van der Waals surface area contributed by atoms with E-state index in [-0.39, 0.29) is 51.4 Å². The molecule has 0 aliphatic carbocycles. The fourth-order valence-corrected chi connectivity index (χ4v) is 1.45. The van der Waals surface area contributed by atoms with Gasteiger partial charge in [-0.1, -0.05) is 17.7 Å². The molecule has 0 aromatic carbocycles. The van der Waals surface area contributed by atoms with Crippen LogP contribution < -0.4 is 51.4 Å². The Labute approximate surface area is 153 Å². The van der Waals surface area contributed by atoms with Crippen molar-refractivity contribution in [2.24, 2.45) is 7.05 Å². The third kappa shape index (κ3) is 3.76. The predicted molar refractivity (Wildman–Crippen MR) is 64.1 cm³/mol. The van der Waals surface area contributed by atoms with Crippen LogP contribution in [0.4, 0.5) is 0 Å². The standard InChI is InChI=1S/C11H8ClN3S.K/c1-15-8(4-7-14-15)2-3-9-11(12)10(16)5-6-13-9;/h4-7H,1H3,(H,13,16);/q;+1/p-1. The molecule has 0 saturated heterocycles. The molecule has 0 bridgehead atoms. The minimum absolute atomic E-state index is 0. The maximum Gasteiger partial charge on any atom is 1.00 e. The Bertz CT molecular complexity index is 586. The van der Waals surface area contributed by atoms with E-state index in [1.807, 2.05) is 13.1 Å². The van der Waals surface area contributed by atoms with Crippen molar-refractivity contribution < 1.29 is 51.4 Å². The van der Waals surface area contributed by atoms with Gasteiger partial charge in [-0.2, -0.15) is 9.99 Å². The van der Waals surface area contributed by atoms with E-state index in [4.69, 9.17) is 24.2 Å². The second-order valence-corrected chi connectivity index (χ2v) is 3.88. The summed E-state index contributed by atoms with van der Waals surface area (Å²) in [5.41, 5.74) is 1.29. The van der Waals surface area contributed by atoms with Gasteiger partial charge in [0.25, 0.3) is 0 Å². The fraction of sp³-hybridized carbons (Fsp3) is 0.0909. The van der Waals surface area contributed by atoms with Crippen LogP contribution in [0, 0.1) is 11.8 Å². The van der Waals surface area contributed by atoms with E-state index in [9.17, 15) is 0 Å². The molecule has 2 aromatic heterocycles. The summed E-state index contributed by atoms with van der Waals surface area (Å²) in [5, 5.41) is 4.43. The Morgan fingerprint density at radius 3 is 2.71 bits per heavy atom. The second kappa shape index (κ2) is 6.85. The molecule has 0 unspecified atom stereocenters. The van der Waals surface area contributed by atoms with Crippen LogP contribution in [0.2, 0.25) is 5.02 Å². The minimum Gasteiger partial charge on any atom is -0.778 e. The molecule has 0 fully saturated rings. The molecule has 0 saturated carbocycles. The monoisotopic (exact) mass is 287 g/mol. The molecule has 0 N–H and O–H groups in total. The number of hydrogen-bond acceptors (Lipinski definition) is 3. The van der Waals surface area contributed by atoms with Gasteiger partial charge in [0.1, 0.15) is 11.4 Å². The Kier molecular flexibility index (Phi) is 6.10. The largest absolute Gasteiger partial charge is 1.00 e. The maximum atomic E-state index is 5.98. The zero-order valence-corrected chi connectivity index (χ0v) is 14.1. The number of halogens is 1. The molecule has 0 aliphatic rings. The third-order valence-corrected chi connectivity index (χ3v) is 2.82. The van der Waals surface area contributed by atoms with Crippen LogP contribution in [0.3, 0.4) is 0 Å². The van der Waals surface area contributed by atoms with Crippen molar-refractivity contribution in [2.45, 2.75) is 4.90 Å². The summed E-state index contributed by atoms with van der Waals surface area (Å²) >= 11 is 11.0. The normalized spacial score (nSPS) is 9.06. The summed E-state index contributed by atoms with van der Waals surface area (Å²) in [7, 11) is 1.82. The third-order valence-electron chi connectivity index (χ3n) is 1.98. The Balaban J connectivity index is 0.00000144. The number of hydrogen-bond donors (Lipinski definition) is 0. The van der Waals surface area contributed by atoms with Gasteiger partial charge < -0.3 is 12.6 Å². The van der Waals surface area contributed by atoms with E-state index >= 15 is 0 Å². The summed E-state index contributed by atoms with van der Waals surface area (Å²) in [5.74, 6) is 5.81. The minimum atomic E-state index is 0. The van der Waals surface area contributed by atoms with E-state index in [2.05, 4.69) is 21.9 Å². The molecular weight excluding hydrogens is 281 g/mol. The van der Waals surface area contributed by atoms with Crippen molar-refractivity contribution in [1.29, 1.82) is 0 Å². The van der Waals surface area contributed by atoms with Gasteiger partial charge in [0, 0.05) is 13.2 Å². The average molecular weight is 288 g/mol. The van der Waals surface area contributed by atoms with Crippen LogP contribution in [-0.4, -0.2) is 14.8 Å². The van der Waals surface area contributed by atoms with E-state index in [0.29, 0.717) is 15.6 Å². The molecule has 6 heteroatoms. The van der Waals surface area contributed by atoms with Crippen molar-refractivity contribution in [2.75, 3.05) is 0 Å². The fourth-order valence-electron chi connectivity index (χ4n) is 1.13. The summed E-state index contributed by atoms with van der Waals surface area (Å²) in [4.78, 5) is 4.63. The number of rotatable bonds is 0. The molecule has 3 nitrogen and oxygen atoms in total. The molecule has 2 rings (SSSR count). The van der Waals surface area contributed by atoms with Crippen LogP contribution in [0.5, 0.6) is 0 Å².